The van der Waals surface area contributed by atoms with Crippen molar-refractivity contribution in [2.75, 3.05) is 26.7 Å². The summed E-state index contributed by atoms with van der Waals surface area (Å²) in [7, 11) is 1.73. The van der Waals surface area contributed by atoms with Crippen molar-refractivity contribution in [3.63, 3.8) is 0 Å². The quantitative estimate of drug-likeness (QED) is 0.302. The number of alkyl halides is 3. The zero-order valence-electron chi connectivity index (χ0n) is 23.9. The van der Waals surface area contributed by atoms with Gasteiger partial charge in [0.15, 0.2) is 11.4 Å². The Morgan fingerprint density at radius 3 is 2.40 bits per heavy atom. The van der Waals surface area contributed by atoms with E-state index in [9.17, 15) is 48.0 Å². The summed E-state index contributed by atoms with van der Waals surface area (Å²) >= 11 is 0. The summed E-state index contributed by atoms with van der Waals surface area (Å²) in [5, 5.41) is 45.3. The number of Topliss-reactive ketones (excluding diaryl/α,β-unsaturated/α-hetero) is 2. The van der Waals surface area contributed by atoms with Crippen molar-refractivity contribution in [2.24, 2.45) is 17.6 Å². The third kappa shape index (κ3) is 4.57. The number of ketones is 2. The van der Waals surface area contributed by atoms with E-state index in [2.05, 4.69) is 4.74 Å². The van der Waals surface area contributed by atoms with Gasteiger partial charge in [-0.2, -0.15) is 0 Å². The summed E-state index contributed by atoms with van der Waals surface area (Å²) in [6.07, 6.45) is -4.49. The second-order valence-corrected chi connectivity index (χ2v) is 11.6. The van der Waals surface area contributed by atoms with Crippen LogP contribution in [0.3, 0.4) is 0 Å². The highest BCUT2D eigenvalue weighted by atomic mass is 19.4. The summed E-state index contributed by atoms with van der Waals surface area (Å²) in [5.41, 5.74) is 0.584. The van der Waals surface area contributed by atoms with E-state index in [1.807, 2.05) is 4.90 Å². The molecule has 1 saturated heterocycles. The maximum Gasteiger partial charge on any atom is 0.573 e. The minimum atomic E-state index is -5.12. The van der Waals surface area contributed by atoms with E-state index in [0.29, 0.717) is 19.4 Å². The van der Waals surface area contributed by atoms with Crippen LogP contribution in [0.4, 0.5) is 13.2 Å². The first-order valence-electron chi connectivity index (χ1n) is 14.1. The molecule has 5 rings (SSSR count). The first kappa shape index (κ1) is 30.8. The normalized spacial score (nSPS) is 29.6. The highest BCUT2D eigenvalue weighted by Crippen LogP contribution is 2.55. The van der Waals surface area contributed by atoms with Crippen molar-refractivity contribution in [2.45, 2.75) is 63.6 Å². The number of hydrogen-bond acceptors (Lipinski definition) is 10. The van der Waals surface area contributed by atoms with Crippen LogP contribution >= 0.6 is 0 Å². The zero-order valence-corrected chi connectivity index (χ0v) is 23.9. The summed E-state index contributed by atoms with van der Waals surface area (Å²) in [5.74, 6) is -9.18. The number of likely N-dealkylation sites (tertiary alicyclic amines) is 1. The summed E-state index contributed by atoms with van der Waals surface area (Å²) < 4.78 is 45.8. The molecule has 0 bridgehead atoms. The van der Waals surface area contributed by atoms with Crippen LogP contribution in [0.5, 0.6) is 11.5 Å². The van der Waals surface area contributed by atoms with Crippen molar-refractivity contribution in [3.05, 3.63) is 39.7 Å². The fourth-order valence-electron chi connectivity index (χ4n) is 7.55. The van der Waals surface area contributed by atoms with Crippen molar-refractivity contribution in [3.8, 4) is 11.5 Å². The molecule has 5 atom stereocenters. The number of amides is 1. The molecule has 0 spiro atoms. The third-order valence-corrected chi connectivity index (χ3v) is 9.45. The molecule has 1 aliphatic heterocycles. The minimum Gasteiger partial charge on any atom is -0.508 e. The van der Waals surface area contributed by atoms with Gasteiger partial charge < -0.3 is 30.9 Å². The molecule has 43 heavy (non-hydrogen) atoms. The number of rotatable bonds is 6. The van der Waals surface area contributed by atoms with Gasteiger partial charge in [-0.05, 0) is 64.3 Å². The number of nitrogens with zero attached hydrogens (tertiary/aromatic N) is 2. The fraction of sp³-hybridized carbons (Fsp3) is 0.552. The van der Waals surface area contributed by atoms with Crippen molar-refractivity contribution < 1.29 is 52.7 Å². The van der Waals surface area contributed by atoms with Gasteiger partial charge in [-0.3, -0.25) is 24.2 Å². The maximum atomic E-state index is 14.1. The molecule has 2 fully saturated rings. The molecule has 1 saturated carbocycles. The lowest BCUT2D eigenvalue weighted by Gasteiger charge is -2.51. The van der Waals surface area contributed by atoms with Crippen molar-refractivity contribution in [1.82, 2.24) is 9.80 Å². The van der Waals surface area contributed by atoms with Crippen LogP contribution < -0.4 is 10.5 Å². The van der Waals surface area contributed by atoms with E-state index in [1.54, 1.807) is 25.8 Å². The van der Waals surface area contributed by atoms with E-state index in [4.69, 9.17) is 5.73 Å². The van der Waals surface area contributed by atoms with Gasteiger partial charge in [-0.15, -0.1) is 13.2 Å². The molecule has 0 radical (unpaired) electrons. The number of phenols is 1. The molecule has 1 aromatic rings. The fourth-order valence-corrected chi connectivity index (χ4v) is 7.55. The molecule has 6 N–H and O–H groups in total. The number of hydrogen-bond donors (Lipinski definition) is 5. The maximum absolute atomic E-state index is 14.1. The van der Waals surface area contributed by atoms with Gasteiger partial charge in [-0.1, -0.05) is 13.8 Å². The highest BCUT2D eigenvalue weighted by Gasteiger charge is 2.64. The number of carbonyl (C=O) groups excluding carboxylic acids is 3. The van der Waals surface area contributed by atoms with Crippen LogP contribution in [0, 0.1) is 11.8 Å². The SMILES string of the molecule is CCN(CC)[C@@H]1C(=O)C(C(N)=O)=C(O)[C@@]2(O)C(=O)C3=C(O)c4c(O)cc([C@@H]5CCCN5C)c(OC(F)(F)F)c4C[C@H]3C[C@@H]12. The molecule has 14 heteroatoms. The van der Waals surface area contributed by atoms with Crippen molar-refractivity contribution in [1.29, 1.82) is 0 Å². The first-order valence-corrected chi connectivity index (χ1v) is 14.1. The van der Waals surface area contributed by atoms with Gasteiger partial charge in [-0.25, -0.2) is 0 Å². The predicted octanol–water partition coefficient (Wildman–Crippen LogP) is 2.41. The minimum absolute atomic E-state index is 0.0732. The van der Waals surface area contributed by atoms with E-state index in [0.717, 1.165) is 6.07 Å². The topological polar surface area (TPSA) is 174 Å². The van der Waals surface area contributed by atoms with Crippen LogP contribution in [-0.4, -0.2) is 92.4 Å². The number of benzene rings is 1. The molecule has 4 aliphatic rings. The van der Waals surface area contributed by atoms with Crippen LogP contribution in [0.1, 0.15) is 55.8 Å². The number of likely N-dealkylation sites (N-methyl/N-ethyl adjacent to an activating group) is 1. The van der Waals surface area contributed by atoms with Gasteiger partial charge >= 0.3 is 6.36 Å². The molecular weight excluding hydrogens is 575 g/mol. The predicted molar refractivity (Wildman–Crippen MR) is 145 cm³/mol. The number of aliphatic hydroxyl groups is 3. The molecule has 1 aromatic carbocycles. The molecular formula is C29H34F3N3O8. The average molecular weight is 610 g/mol. The second kappa shape index (κ2) is 10.5. The molecule has 1 heterocycles. The van der Waals surface area contributed by atoms with Gasteiger partial charge in [0.2, 0.25) is 5.78 Å². The van der Waals surface area contributed by atoms with Crippen LogP contribution in [0.15, 0.2) is 23.0 Å². The Hall–Kier alpha value is -3.62. The lowest BCUT2D eigenvalue weighted by atomic mass is 9.57. The highest BCUT2D eigenvalue weighted by molar-refractivity contribution is 6.24. The lowest BCUT2D eigenvalue weighted by molar-refractivity contribution is -0.275. The number of aliphatic hydroxyl groups excluding tert-OH is 2. The number of primary amides is 1. The standard InChI is InChI=1S/C29H34F3N3O8/c1-4-35(5-2)21-15-10-12-9-14-19(17(36)11-13(16-7-6-8-34(16)3)24(14)43-29(30,31)32)22(37)18(12)25(39)28(15,42)26(40)20(23(21)38)27(33)41/h11-12,15-16,21,36-37,40,42H,4-10H2,1-3H3,(H2,33,41)/t12-,15-,16-,21-,28-/m0/s1. The molecule has 3 aliphatic carbocycles. The van der Waals surface area contributed by atoms with Gasteiger partial charge in [0.25, 0.3) is 5.91 Å². The number of phenolic OH excluding ortho intramolecular Hbond substituents is 1. The molecule has 11 nitrogen and oxygen atoms in total. The Labute approximate surface area is 245 Å². The Morgan fingerprint density at radius 2 is 1.86 bits per heavy atom. The Kier molecular flexibility index (Phi) is 7.55. The zero-order chi connectivity index (χ0) is 31.8. The molecule has 0 aromatic heterocycles. The summed E-state index contributed by atoms with van der Waals surface area (Å²) in [6.45, 7) is 4.52. The van der Waals surface area contributed by atoms with Crippen LogP contribution in [0.25, 0.3) is 5.76 Å². The smallest absolute Gasteiger partial charge is 0.508 e. The number of fused-ring (bicyclic) bond motifs is 3. The Morgan fingerprint density at radius 1 is 1.21 bits per heavy atom. The van der Waals surface area contributed by atoms with E-state index in [1.165, 1.54) is 0 Å². The van der Waals surface area contributed by atoms with Gasteiger partial charge in [0.05, 0.1) is 11.6 Å². The number of carbonyl (C=O) groups is 3. The average Bonchev–Trinajstić information content (AvgIpc) is 3.34. The number of ether oxygens (including phenoxy) is 1. The Balaban J connectivity index is 1.75. The summed E-state index contributed by atoms with van der Waals surface area (Å²) in [4.78, 5) is 43.2. The molecule has 0 unspecified atom stereocenters. The lowest BCUT2D eigenvalue weighted by Crippen LogP contribution is -2.66. The van der Waals surface area contributed by atoms with Gasteiger partial charge in [0, 0.05) is 28.7 Å². The second-order valence-electron chi connectivity index (χ2n) is 11.6. The monoisotopic (exact) mass is 609 g/mol. The number of halogens is 3. The largest absolute Gasteiger partial charge is 0.573 e. The summed E-state index contributed by atoms with van der Waals surface area (Å²) in [6, 6.07) is -0.728. The van der Waals surface area contributed by atoms with Crippen molar-refractivity contribution >= 4 is 23.2 Å². The Bertz CT molecular complexity index is 1470. The van der Waals surface area contributed by atoms with Gasteiger partial charge in [0.1, 0.15) is 28.6 Å². The first-order chi connectivity index (χ1) is 20.1. The number of nitrogens with two attached hydrogens (primary N) is 1. The van der Waals surface area contributed by atoms with Crippen LogP contribution in [-0.2, 0) is 20.8 Å². The van der Waals surface area contributed by atoms with Crippen LogP contribution in [0.2, 0.25) is 0 Å². The molecule has 234 valence electrons. The number of aromatic hydroxyl groups is 1. The van der Waals surface area contributed by atoms with E-state index < -0.39 is 93.1 Å². The van der Waals surface area contributed by atoms with E-state index >= 15 is 0 Å². The molecule has 1 amide bonds. The third-order valence-electron chi connectivity index (χ3n) is 9.45. The van der Waals surface area contributed by atoms with E-state index in [-0.39, 0.29) is 37.1 Å².